The molecular weight excluding hydrogens is 247 g/mol. The minimum absolute atomic E-state index is 1.02. The third-order valence-corrected chi connectivity index (χ3v) is 4.17. The topological polar surface area (TPSA) is 0 Å². The first-order chi connectivity index (χ1) is 5.38. The fraction of sp³-hybridized carbons (Fsp3) is 1.00. The second-order valence-electron chi connectivity index (χ2n) is 3.72. The van der Waals surface area contributed by atoms with Gasteiger partial charge in [-0.05, 0) is 11.8 Å². The normalized spacial score (nSPS) is 23.5. The van der Waals surface area contributed by atoms with Gasteiger partial charge in [0.15, 0.2) is 0 Å². The lowest BCUT2D eigenvalue weighted by molar-refractivity contribution is 0.264. The molecule has 0 N–H and O–H groups in total. The Bertz CT molecular complexity index is 91.0. The summed E-state index contributed by atoms with van der Waals surface area (Å²) in [7, 11) is 0. The highest BCUT2D eigenvalue weighted by atomic mass is 127. The summed E-state index contributed by atoms with van der Waals surface area (Å²) < 4.78 is 1.37. The van der Waals surface area contributed by atoms with E-state index in [1.807, 2.05) is 0 Å². The molecule has 0 saturated heterocycles. The van der Waals surface area contributed by atoms with Crippen LogP contribution in [0.3, 0.4) is 0 Å². The molecule has 0 aromatic rings. The largest absolute Gasteiger partial charge is 0.0861 e. The molecule has 1 atom stereocenters. The lowest BCUT2D eigenvalue weighted by Crippen LogP contribution is -2.18. The minimum atomic E-state index is 1.02. The van der Waals surface area contributed by atoms with E-state index in [9.17, 15) is 0 Å². The van der Waals surface area contributed by atoms with Gasteiger partial charge in [-0.1, -0.05) is 68.0 Å². The average Bonchev–Trinajstić information content (AvgIpc) is 2.09. The van der Waals surface area contributed by atoms with Gasteiger partial charge in [0.05, 0.1) is 0 Å². The van der Waals surface area contributed by atoms with Crippen molar-refractivity contribution >= 4 is 22.6 Å². The molecule has 0 heterocycles. The SMILES string of the molecule is CCC(CI)C1CCCCC1. The highest BCUT2D eigenvalue weighted by Crippen LogP contribution is 2.32. The smallest absolute Gasteiger partial charge is 0.00262 e. The van der Waals surface area contributed by atoms with E-state index < -0.39 is 0 Å². The molecule has 0 aromatic carbocycles. The predicted molar refractivity (Wildman–Crippen MR) is 59.2 cm³/mol. The molecule has 1 saturated carbocycles. The second kappa shape index (κ2) is 5.39. The van der Waals surface area contributed by atoms with Crippen molar-refractivity contribution in [2.75, 3.05) is 4.43 Å². The molecule has 66 valence electrons. The zero-order valence-corrected chi connectivity index (χ0v) is 9.64. The maximum atomic E-state index is 2.55. The summed E-state index contributed by atoms with van der Waals surface area (Å²) in [6.45, 7) is 2.35. The van der Waals surface area contributed by atoms with Crippen molar-refractivity contribution in [1.82, 2.24) is 0 Å². The molecule has 0 bridgehead atoms. The molecular formula is C10H19I. The van der Waals surface area contributed by atoms with E-state index in [0.29, 0.717) is 0 Å². The molecule has 1 heteroatoms. The van der Waals surface area contributed by atoms with Gasteiger partial charge in [0.25, 0.3) is 0 Å². The van der Waals surface area contributed by atoms with Crippen LogP contribution in [0.1, 0.15) is 45.4 Å². The van der Waals surface area contributed by atoms with Gasteiger partial charge in [0.1, 0.15) is 0 Å². The number of halogens is 1. The van der Waals surface area contributed by atoms with E-state index in [-0.39, 0.29) is 0 Å². The summed E-state index contributed by atoms with van der Waals surface area (Å²) in [5.74, 6) is 2.10. The van der Waals surface area contributed by atoms with Gasteiger partial charge in [-0.3, -0.25) is 0 Å². The van der Waals surface area contributed by atoms with Crippen LogP contribution >= 0.6 is 22.6 Å². The molecule has 11 heavy (non-hydrogen) atoms. The Morgan fingerprint density at radius 2 is 1.91 bits per heavy atom. The number of hydrogen-bond donors (Lipinski definition) is 0. The lowest BCUT2D eigenvalue weighted by atomic mass is 9.80. The molecule has 0 aromatic heterocycles. The zero-order chi connectivity index (χ0) is 8.10. The first kappa shape index (κ1) is 9.82. The predicted octanol–water partition coefficient (Wildman–Crippen LogP) is 4.03. The monoisotopic (exact) mass is 266 g/mol. The molecule has 0 amide bonds. The van der Waals surface area contributed by atoms with Gasteiger partial charge >= 0.3 is 0 Å². The molecule has 1 unspecified atom stereocenters. The van der Waals surface area contributed by atoms with E-state index in [1.54, 1.807) is 0 Å². The van der Waals surface area contributed by atoms with Crippen LogP contribution in [0.25, 0.3) is 0 Å². The van der Waals surface area contributed by atoms with Crippen molar-refractivity contribution in [1.29, 1.82) is 0 Å². The Morgan fingerprint density at radius 3 is 2.36 bits per heavy atom. The second-order valence-corrected chi connectivity index (χ2v) is 4.60. The van der Waals surface area contributed by atoms with Crippen LogP contribution < -0.4 is 0 Å². The van der Waals surface area contributed by atoms with Crippen LogP contribution in [0.15, 0.2) is 0 Å². The summed E-state index contributed by atoms with van der Waals surface area (Å²) in [5.41, 5.74) is 0. The zero-order valence-electron chi connectivity index (χ0n) is 7.48. The van der Waals surface area contributed by atoms with Crippen LogP contribution in [0, 0.1) is 11.8 Å². The molecule has 1 aliphatic rings. The Balaban J connectivity index is 2.30. The maximum Gasteiger partial charge on any atom is 0.00262 e. The molecule has 0 spiro atoms. The molecule has 1 aliphatic carbocycles. The number of hydrogen-bond acceptors (Lipinski definition) is 0. The van der Waals surface area contributed by atoms with Crippen molar-refractivity contribution < 1.29 is 0 Å². The molecule has 0 aliphatic heterocycles. The van der Waals surface area contributed by atoms with Crippen LogP contribution in [0.2, 0.25) is 0 Å². The molecule has 1 rings (SSSR count). The van der Waals surface area contributed by atoms with Gasteiger partial charge in [-0.15, -0.1) is 0 Å². The summed E-state index contributed by atoms with van der Waals surface area (Å²) in [6, 6.07) is 0. The van der Waals surface area contributed by atoms with Crippen molar-refractivity contribution in [3.8, 4) is 0 Å². The highest BCUT2D eigenvalue weighted by molar-refractivity contribution is 14.1. The third-order valence-electron chi connectivity index (χ3n) is 3.04. The van der Waals surface area contributed by atoms with Crippen LogP contribution in [-0.4, -0.2) is 4.43 Å². The van der Waals surface area contributed by atoms with Gasteiger partial charge in [0.2, 0.25) is 0 Å². The first-order valence-corrected chi connectivity index (χ1v) is 6.47. The van der Waals surface area contributed by atoms with Gasteiger partial charge in [0, 0.05) is 4.43 Å². The Labute approximate surface area is 84.3 Å². The highest BCUT2D eigenvalue weighted by Gasteiger charge is 2.20. The third kappa shape index (κ3) is 2.92. The fourth-order valence-corrected chi connectivity index (χ4v) is 3.52. The van der Waals surface area contributed by atoms with Crippen molar-refractivity contribution in [3.05, 3.63) is 0 Å². The average molecular weight is 266 g/mol. The summed E-state index contributed by atoms with van der Waals surface area (Å²) in [6.07, 6.45) is 8.92. The Morgan fingerprint density at radius 1 is 1.27 bits per heavy atom. The Hall–Kier alpha value is 0.730. The molecule has 0 radical (unpaired) electrons. The summed E-state index contributed by atoms with van der Waals surface area (Å²) in [4.78, 5) is 0. The van der Waals surface area contributed by atoms with Gasteiger partial charge < -0.3 is 0 Å². The van der Waals surface area contributed by atoms with Gasteiger partial charge in [-0.25, -0.2) is 0 Å². The standard InChI is InChI=1S/C10H19I/c1-2-9(8-11)10-6-4-3-5-7-10/h9-10H,2-8H2,1H3. The first-order valence-electron chi connectivity index (χ1n) is 4.94. The van der Waals surface area contributed by atoms with Crippen LogP contribution in [-0.2, 0) is 0 Å². The Kier molecular flexibility index (Phi) is 4.81. The van der Waals surface area contributed by atoms with Crippen molar-refractivity contribution in [2.45, 2.75) is 45.4 Å². The lowest BCUT2D eigenvalue weighted by Gasteiger charge is -2.28. The van der Waals surface area contributed by atoms with Crippen LogP contribution in [0.4, 0.5) is 0 Å². The van der Waals surface area contributed by atoms with E-state index in [0.717, 1.165) is 11.8 Å². The van der Waals surface area contributed by atoms with Gasteiger partial charge in [-0.2, -0.15) is 0 Å². The van der Waals surface area contributed by atoms with E-state index in [4.69, 9.17) is 0 Å². The fourth-order valence-electron chi connectivity index (χ4n) is 2.17. The van der Waals surface area contributed by atoms with Crippen LogP contribution in [0.5, 0.6) is 0 Å². The maximum absolute atomic E-state index is 2.55. The quantitative estimate of drug-likeness (QED) is 0.534. The molecule has 1 fully saturated rings. The minimum Gasteiger partial charge on any atom is -0.0861 e. The summed E-state index contributed by atoms with van der Waals surface area (Å²) >= 11 is 2.55. The number of alkyl halides is 1. The summed E-state index contributed by atoms with van der Waals surface area (Å²) in [5, 5.41) is 0. The number of rotatable bonds is 3. The van der Waals surface area contributed by atoms with Crippen molar-refractivity contribution in [3.63, 3.8) is 0 Å². The van der Waals surface area contributed by atoms with E-state index in [2.05, 4.69) is 29.5 Å². The molecule has 0 nitrogen and oxygen atoms in total. The van der Waals surface area contributed by atoms with Crippen molar-refractivity contribution in [2.24, 2.45) is 11.8 Å². The van der Waals surface area contributed by atoms with E-state index >= 15 is 0 Å². The van der Waals surface area contributed by atoms with E-state index in [1.165, 1.54) is 43.0 Å².